The summed E-state index contributed by atoms with van der Waals surface area (Å²) in [7, 11) is -2.20. The van der Waals surface area contributed by atoms with Crippen molar-refractivity contribution in [1.29, 1.82) is 0 Å². The zero-order valence-corrected chi connectivity index (χ0v) is 20.8. The second kappa shape index (κ2) is 9.71. The second-order valence-corrected chi connectivity index (χ2v) is 11.9. The molecule has 0 aliphatic heterocycles. The van der Waals surface area contributed by atoms with Crippen LogP contribution in [0.2, 0.25) is 0 Å². The third kappa shape index (κ3) is 7.29. The highest BCUT2D eigenvalue weighted by Crippen LogP contribution is 2.48. The summed E-state index contributed by atoms with van der Waals surface area (Å²) in [6.07, 6.45) is -0.520. The summed E-state index contributed by atoms with van der Waals surface area (Å²) in [5.74, 6) is 0.00659. The second-order valence-electron chi connectivity index (χ2n) is 9.89. The van der Waals surface area contributed by atoms with Crippen LogP contribution in [0.25, 0.3) is 0 Å². The molecule has 2 N–H and O–H groups in total. The van der Waals surface area contributed by atoms with E-state index in [1.54, 1.807) is 32.9 Å². The number of rotatable bonds is 8. The van der Waals surface area contributed by atoms with E-state index in [4.69, 9.17) is 14.0 Å². The molecule has 2 atom stereocenters. The van der Waals surface area contributed by atoms with Gasteiger partial charge in [0.2, 0.25) is 0 Å². The average Bonchev–Trinajstić information content (AvgIpc) is 2.53. The van der Waals surface area contributed by atoms with Gasteiger partial charge in [-0.2, -0.15) is 0 Å². The molecule has 0 spiro atoms. The van der Waals surface area contributed by atoms with Crippen molar-refractivity contribution < 1.29 is 28.5 Å². The zero-order chi connectivity index (χ0) is 23.5. The Kier molecular flexibility index (Phi) is 8.57. The van der Waals surface area contributed by atoms with E-state index in [1.807, 2.05) is 41.5 Å². The quantitative estimate of drug-likeness (QED) is 0.427. The van der Waals surface area contributed by atoms with Gasteiger partial charge in [-0.3, -0.25) is 9.36 Å². The standard InChI is InChI=1S/C22H38NO6P/c1-14(2)28-20(25)15(3)23-30(26,13-27-10)29-16-11-17(21(4,5)6)19(24)18(12-16)22(7,8)9/h11-12,14-15,24H,13H2,1-10H3,(H,23,26)/t15-,30?/m0/s1. The zero-order valence-electron chi connectivity index (χ0n) is 20.0. The first-order chi connectivity index (χ1) is 13.5. The highest BCUT2D eigenvalue weighted by molar-refractivity contribution is 7.57. The molecule has 172 valence electrons. The highest BCUT2D eigenvalue weighted by Gasteiger charge is 2.33. The monoisotopic (exact) mass is 443 g/mol. The summed E-state index contributed by atoms with van der Waals surface area (Å²) in [6.45, 7) is 16.9. The normalized spacial score (nSPS) is 15.6. The van der Waals surface area contributed by atoms with Crippen LogP contribution in [-0.4, -0.2) is 36.7 Å². The summed E-state index contributed by atoms with van der Waals surface area (Å²) in [5, 5.41) is 13.6. The highest BCUT2D eigenvalue weighted by atomic mass is 31.2. The molecular formula is C22H38NO6P. The number of esters is 1. The minimum Gasteiger partial charge on any atom is -0.507 e. The van der Waals surface area contributed by atoms with Crippen LogP contribution in [0.3, 0.4) is 0 Å². The van der Waals surface area contributed by atoms with Crippen LogP contribution in [0.5, 0.6) is 11.5 Å². The molecule has 0 bridgehead atoms. The third-order valence-electron chi connectivity index (χ3n) is 4.35. The van der Waals surface area contributed by atoms with Crippen LogP contribution < -0.4 is 9.61 Å². The van der Waals surface area contributed by atoms with Gasteiger partial charge in [-0.25, -0.2) is 5.09 Å². The number of methoxy groups -OCH3 is 1. The van der Waals surface area contributed by atoms with Gasteiger partial charge in [-0.1, -0.05) is 41.5 Å². The molecule has 0 aliphatic rings. The van der Waals surface area contributed by atoms with Gasteiger partial charge in [0.05, 0.1) is 6.10 Å². The summed E-state index contributed by atoms with van der Waals surface area (Å²) >= 11 is 0. The largest absolute Gasteiger partial charge is 0.507 e. The van der Waals surface area contributed by atoms with Crippen LogP contribution in [0.4, 0.5) is 0 Å². The van der Waals surface area contributed by atoms with Gasteiger partial charge in [0, 0.05) is 18.2 Å². The number of hydrogen-bond acceptors (Lipinski definition) is 6. The number of phenols is 1. The lowest BCUT2D eigenvalue weighted by molar-refractivity contribution is -0.149. The molecule has 0 fully saturated rings. The SMILES string of the molecule is COCP(=O)(N[C@@H](C)C(=O)OC(C)C)Oc1cc(C(C)(C)C)c(O)c(C(C)(C)C)c1. The van der Waals surface area contributed by atoms with Crippen molar-refractivity contribution in [2.45, 2.75) is 85.3 Å². The smallest absolute Gasteiger partial charge is 0.342 e. The van der Waals surface area contributed by atoms with E-state index in [0.29, 0.717) is 16.9 Å². The Morgan fingerprint density at radius 1 is 1.07 bits per heavy atom. The summed E-state index contributed by atoms with van der Waals surface area (Å²) in [5.41, 5.74) is 0.634. The number of ether oxygens (including phenoxy) is 2. The van der Waals surface area contributed by atoms with Crippen molar-refractivity contribution >= 4 is 13.5 Å². The minimum atomic E-state index is -3.61. The topological polar surface area (TPSA) is 94.1 Å². The van der Waals surface area contributed by atoms with Crippen molar-refractivity contribution in [3.05, 3.63) is 23.3 Å². The number of carbonyl (C=O) groups is 1. The Hall–Kier alpha value is -1.56. The average molecular weight is 444 g/mol. The van der Waals surface area contributed by atoms with Gasteiger partial charge < -0.3 is 19.1 Å². The first kappa shape index (κ1) is 26.5. The Bertz CT molecular complexity index is 757. The van der Waals surface area contributed by atoms with E-state index in [-0.39, 0.29) is 29.0 Å². The molecule has 0 amide bonds. The van der Waals surface area contributed by atoms with Crippen LogP contribution >= 0.6 is 7.52 Å². The van der Waals surface area contributed by atoms with Gasteiger partial charge in [0.1, 0.15) is 23.9 Å². The number of hydrogen-bond donors (Lipinski definition) is 2. The van der Waals surface area contributed by atoms with Gasteiger partial charge in [0.25, 0.3) is 0 Å². The number of nitrogens with one attached hydrogen (secondary N) is 1. The Morgan fingerprint density at radius 2 is 1.53 bits per heavy atom. The lowest BCUT2D eigenvalue weighted by atomic mass is 9.79. The fourth-order valence-electron chi connectivity index (χ4n) is 2.92. The van der Waals surface area contributed by atoms with Gasteiger partial charge in [-0.05, 0) is 43.7 Å². The molecule has 0 aromatic heterocycles. The first-order valence-electron chi connectivity index (χ1n) is 10.1. The van der Waals surface area contributed by atoms with Crippen LogP contribution in [0.1, 0.15) is 73.4 Å². The molecule has 0 saturated heterocycles. The van der Waals surface area contributed by atoms with E-state index in [9.17, 15) is 14.5 Å². The third-order valence-corrected chi connectivity index (χ3v) is 6.23. The predicted molar refractivity (Wildman–Crippen MR) is 119 cm³/mol. The molecule has 0 radical (unpaired) electrons. The maximum absolute atomic E-state index is 13.5. The maximum Gasteiger partial charge on any atom is 0.342 e. The Labute approximate surface area is 181 Å². The Balaban J connectivity index is 3.37. The first-order valence-corrected chi connectivity index (χ1v) is 11.9. The fraction of sp³-hybridized carbons (Fsp3) is 0.682. The Morgan fingerprint density at radius 3 is 1.90 bits per heavy atom. The number of aromatic hydroxyl groups is 1. The number of benzene rings is 1. The molecule has 0 saturated carbocycles. The molecule has 7 nitrogen and oxygen atoms in total. The van der Waals surface area contributed by atoms with Crippen LogP contribution in [0.15, 0.2) is 12.1 Å². The molecular weight excluding hydrogens is 405 g/mol. The summed E-state index contributed by atoms with van der Waals surface area (Å²) in [6, 6.07) is 2.52. The summed E-state index contributed by atoms with van der Waals surface area (Å²) < 4.78 is 29.6. The van der Waals surface area contributed by atoms with E-state index in [0.717, 1.165) is 0 Å². The molecule has 30 heavy (non-hydrogen) atoms. The molecule has 1 aromatic rings. The van der Waals surface area contributed by atoms with Crippen molar-refractivity contribution in [1.82, 2.24) is 5.09 Å². The van der Waals surface area contributed by atoms with Crippen molar-refractivity contribution in [2.24, 2.45) is 0 Å². The fourth-order valence-corrected chi connectivity index (χ4v) is 4.58. The minimum absolute atomic E-state index is 0.200. The van der Waals surface area contributed by atoms with Crippen molar-refractivity contribution in [3.63, 3.8) is 0 Å². The van der Waals surface area contributed by atoms with E-state index >= 15 is 0 Å². The van der Waals surface area contributed by atoms with E-state index in [2.05, 4.69) is 5.09 Å². The lowest BCUT2D eigenvalue weighted by Crippen LogP contribution is -2.36. The predicted octanol–water partition coefficient (Wildman–Crippen LogP) is 5.09. The van der Waals surface area contributed by atoms with Gasteiger partial charge >= 0.3 is 13.5 Å². The van der Waals surface area contributed by atoms with E-state index < -0.39 is 19.5 Å². The molecule has 1 unspecified atom stereocenters. The van der Waals surface area contributed by atoms with Crippen molar-refractivity contribution in [2.75, 3.05) is 13.5 Å². The van der Waals surface area contributed by atoms with Gasteiger partial charge in [-0.15, -0.1) is 0 Å². The van der Waals surface area contributed by atoms with Crippen LogP contribution in [-0.2, 0) is 29.7 Å². The summed E-state index contributed by atoms with van der Waals surface area (Å²) in [4.78, 5) is 12.2. The van der Waals surface area contributed by atoms with Crippen LogP contribution in [0, 0.1) is 0 Å². The van der Waals surface area contributed by atoms with Gasteiger partial charge in [0.15, 0.2) is 0 Å². The molecule has 0 aliphatic carbocycles. The molecule has 0 heterocycles. The van der Waals surface area contributed by atoms with E-state index in [1.165, 1.54) is 7.11 Å². The maximum atomic E-state index is 13.5. The number of carbonyl (C=O) groups excluding carboxylic acids is 1. The molecule has 1 aromatic carbocycles. The number of phenolic OH excluding ortho intramolecular Hbond substituents is 1. The lowest BCUT2D eigenvalue weighted by Gasteiger charge is -2.29. The molecule has 8 heteroatoms. The molecule has 1 rings (SSSR count). The van der Waals surface area contributed by atoms with Crippen molar-refractivity contribution in [3.8, 4) is 11.5 Å².